The van der Waals surface area contributed by atoms with Gasteiger partial charge in [0.25, 0.3) is 0 Å². The Kier molecular flexibility index (Phi) is 8.30. The standard InChI is InChI=1S/C17H30BrN3/c1-6-9-21(11-10-20(4)5)17-8-7-16(18)12-15(17)13-19-14(2)3/h7-8,12,14,19H,6,9-11,13H2,1-5H3. The molecule has 1 aromatic rings. The average molecular weight is 356 g/mol. The Bertz CT molecular complexity index is 418. The fourth-order valence-corrected chi connectivity index (χ4v) is 2.67. The molecule has 0 fully saturated rings. The van der Waals surface area contributed by atoms with E-state index in [0.29, 0.717) is 6.04 Å². The molecule has 0 bridgehead atoms. The fraction of sp³-hybridized carbons (Fsp3) is 0.647. The van der Waals surface area contributed by atoms with Crippen LogP contribution in [0.4, 0.5) is 5.69 Å². The molecule has 0 atom stereocenters. The van der Waals surface area contributed by atoms with Crippen LogP contribution in [-0.4, -0.2) is 44.7 Å². The number of hydrogen-bond donors (Lipinski definition) is 1. The first-order valence-corrected chi connectivity index (χ1v) is 8.64. The van der Waals surface area contributed by atoms with Crippen LogP contribution < -0.4 is 10.2 Å². The maximum Gasteiger partial charge on any atom is 0.0413 e. The highest BCUT2D eigenvalue weighted by atomic mass is 79.9. The predicted molar refractivity (Wildman–Crippen MR) is 97.2 cm³/mol. The van der Waals surface area contributed by atoms with Crippen LogP contribution in [0, 0.1) is 0 Å². The minimum atomic E-state index is 0.498. The first-order chi connectivity index (χ1) is 9.93. The van der Waals surface area contributed by atoms with Crippen molar-refractivity contribution >= 4 is 21.6 Å². The second kappa shape index (κ2) is 9.44. The van der Waals surface area contributed by atoms with Gasteiger partial charge in [0.05, 0.1) is 0 Å². The van der Waals surface area contributed by atoms with Crippen molar-refractivity contribution in [1.29, 1.82) is 0 Å². The Labute approximate surface area is 138 Å². The SMILES string of the molecule is CCCN(CCN(C)C)c1ccc(Br)cc1CNC(C)C. The van der Waals surface area contributed by atoms with Crippen LogP contribution in [0.15, 0.2) is 22.7 Å². The van der Waals surface area contributed by atoms with Crippen molar-refractivity contribution in [2.75, 3.05) is 38.6 Å². The summed E-state index contributed by atoms with van der Waals surface area (Å²) >= 11 is 3.60. The third-order valence-electron chi connectivity index (χ3n) is 3.39. The molecule has 0 spiro atoms. The molecule has 0 amide bonds. The molecular weight excluding hydrogens is 326 g/mol. The van der Waals surface area contributed by atoms with E-state index in [4.69, 9.17) is 0 Å². The van der Waals surface area contributed by atoms with E-state index in [-0.39, 0.29) is 0 Å². The number of halogens is 1. The lowest BCUT2D eigenvalue weighted by atomic mass is 10.1. The molecule has 0 unspecified atom stereocenters. The molecule has 3 nitrogen and oxygen atoms in total. The van der Waals surface area contributed by atoms with E-state index in [1.165, 1.54) is 17.7 Å². The Balaban J connectivity index is 2.93. The molecule has 0 aromatic heterocycles. The van der Waals surface area contributed by atoms with Crippen LogP contribution in [0.3, 0.4) is 0 Å². The van der Waals surface area contributed by atoms with Crippen LogP contribution in [0.5, 0.6) is 0 Å². The molecule has 1 N–H and O–H groups in total. The minimum absolute atomic E-state index is 0.498. The molecule has 0 saturated heterocycles. The molecule has 0 aliphatic rings. The first-order valence-electron chi connectivity index (χ1n) is 7.85. The van der Waals surface area contributed by atoms with Gasteiger partial charge < -0.3 is 15.1 Å². The number of nitrogens with zero attached hydrogens (tertiary/aromatic N) is 2. The molecule has 1 rings (SSSR count). The van der Waals surface area contributed by atoms with Crippen molar-refractivity contribution in [3.63, 3.8) is 0 Å². The monoisotopic (exact) mass is 355 g/mol. The van der Waals surface area contributed by atoms with Gasteiger partial charge in [-0.05, 0) is 44.3 Å². The van der Waals surface area contributed by atoms with Gasteiger partial charge in [0.15, 0.2) is 0 Å². The van der Waals surface area contributed by atoms with Crippen LogP contribution in [0.2, 0.25) is 0 Å². The summed E-state index contributed by atoms with van der Waals surface area (Å²) in [5, 5.41) is 3.53. The second-order valence-corrected chi connectivity index (χ2v) is 7.01. The van der Waals surface area contributed by atoms with Gasteiger partial charge in [0.2, 0.25) is 0 Å². The molecule has 0 aliphatic heterocycles. The van der Waals surface area contributed by atoms with E-state index in [1.54, 1.807) is 0 Å². The van der Waals surface area contributed by atoms with Crippen molar-refractivity contribution in [2.24, 2.45) is 0 Å². The van der Waals surface area contributed by atoms with Gasteiger partial charge in [-0.3, -0.25) is 0 Å². The van der Waals surface area contributed by atoms with E-state index in [2.05, 4.69) is 84.1 Å². The van der Waals surface area contributed by atoms with E-state index >= 15 is 0 Å². The molecule has 4 heteroatoms. The highest BCUT2D eigenvalue weighted by Gasteiger charge is 2.12. The van der Waals surface area contributed by atoms with Gasteiger partial charge in [0, 0.05) is 42.4 Å². The lowest BCUT2D eigenvalue weighted by molar-refractivity contribution is 0.412. The number of hydrogen-bond acceptors (Lipinski definition) is 3. The summed E-state index contributed by atoms with van der Waals surface area (Å²) in [7, 11) is 4.26. The summed E-state index contributed by atoms with van der Waals surface area (Å²) in [6, 6.07) is 7.13. The van der Waals surface area contributed by atoms with Crippen molar-refractivity contribution in [2.45, 2.75) is 39.8 Å². The number of benzene rings is 1. The fourth-order valence-electron chi connectivity index (χ4n) is 2.26. The highest BCUT2D eigenvalue weighted by Crippen LogP contribution is 2.25. The van der Waals surface area contributed by atoms with Gasteiger partial charge in [0.1, 0.15) is 0 Å². The maximum absolute atomic E-state index is 3.60. The van der Waals surface area contributed by atoms with Gasteiger partial charge >= 0.3 is 0 Å². The Morgan fingerprint density at radius 3 is 2.43 bits per heavy atom. The molecule has 0 heterocycles. The number of rotatable bonds is 9. The van der Waals surface area contributed by atoms with Gasteiger partial charge in [-0.1, -0.05) is 36.7 Å². The second-order valence-electron chi connectivity index (χ2n) is 6.10. The third-order valence-corrected chi connectivity index (χ3v) is 3.89. The van der Waals surface area contributed by atoms with Gasteiger partial charge in [-0.15, -0.1) is 0 Å². The molecule has 21 heavy (non-hydrogen) atoms. The zero-order valence-corrected chi connectivity index (χ0v) is 15.7. The number of anilines is 1. The lowest BCUT2D eigenvalue weighted by Crippen LogP contribution is -2.33. The third kappa shape index (κ3) is 6.81. The lowest BCUT2D eigenvalue weighted by Gasteiger charge is -2.28. The van der Waals surface area contributed by atoms with Crippen LogP contribution in [0.1, 0.15) is 32.8 Å². The Morgan fingerprint density at radius 2 is 1.86 bits per heavy atom. The predicted octanol–water partition coefficient (Wildman–Crippen LogP) is 3.73. The van der Waals surface area contributed by atoms with Crippen LogP contribution in [0.25, 0.3) is 0 Å². The maximum atomic E-state index is 3.60. The summed E-state index contributed by atoms with van der Waals surface area (Å²) in [5.74, 6) is 0. The van der Waals surface area contributed by atoms with Crippen molar-refractivity contribution < 1.29 is 0 Å². The number of likely N-dealkylation sites (N-methyl/N-ethyl adjacent to an activating group) is 1. The first kappa shape index (κ1) is 18.5. The topological polar surface area (TPSA) is 18.5 Å². The molecule has 120 valence electrons. The van der Waals surface area contributed by atoms with E-state index in [1.807, 2.05) is 0 Å². The molecular formula is C17H30BrN3. The largest absolute Gasteiger partial charge is 0.370 e. The minimum Gasteiger partial charge on any atom is -0.370 e. The van der Waals surface area contributed by atoms with Gasteiger partial charge in [-0.2, -0.15) is 0 Å². The summed E-state index contributed by atoms with van der Waals surface area (Å²) in [5.41, 5.74) is 2.72. The highest BCUT2D eigenvalue weighted by molar-refractivity contribution is 9.10. The molecule has 0 radical (unpaired) electrons. The smallest absolute Gasteiger partial charge is 0.0413 e. The van der Waals surface area contributed by atoms with Crippen LogP contribution in [-0.2, 0) is 6.54 Å². The zero-order valence-electron chi connectivity index (χ0n) is 14.1. The molecule has 0 saturated carbocycles. The summed E-state index contributed by atoms with van der Waals surface area (Å²) in [4.78, 5) is 4.75. The van der Waals surface area contributed by atoms with E-state index in [9.17, 15) is 0 Å². The Hall–Kier alpha value is -0.580. The normalized spacial score (nSPS) is 11.4. The Morgan fingerprint density at radius 1 is 1.14 bits per heavy atom. The number of nitrogens with one attached hydrogen (secondary N) is 1. The summed E-state index contributed by atoms with van der Waals surface area (Å²) < 4.78 is 1.15. The van der Waals surface area contributed by atoms with Crippen molar-refractivity contribution in [1.82, 2.24) is 10.2 Å². The van der Waals surface area contributed by atoms with Crippen molar-refractivity contribution in [3.8, 4) is 0 Å². The van der Waals surface area contributed by atoms with E-state index < -0.39 is 0 Å². The molecule has 0 aliphatic carbocycles. The van der Waals surface area contributed by atoms with E-state index in [0.717, 1.165) is 30.7 Å². The quantitative estimate of drug-likeness (QED) is 0.727. The van der Waals surface area contributed by atoms with Gasteiger partial charge in [-0.25, -0.2) is 0 Å². The van der Waals surface area contributed by atoms with Crippen LogP contribution >= 0.6 is 15.9 Å². The zero-order chi connectivity index (χ0) is 15.8. The summed E-state index contributed by atoms with van der Waals surface area (Å²) in [6.07, 6.45) is 1.17. The summed E-state index contributed by atoms with van der Waals surface area (Å²) in [6.45, 7) is 10.8. The average Bonchev–Trinajstić information content (AvgIpc) is 2.41. The van der Waals surface area contributed by atoms with Crippen molar-refractivity contribution in [3.05, 3.63) is 28.2 Å². The molecule has 1 aromatic carbocycles.